The lowest BCUT2D eigenvalue weighted by molar-refractivity contribution is -0.112. The topological polar surface area (TPSA) is 169 Å². The second-order valence-corrected chi connectivity index (χ2v) is 15.7. The van der Waals surface area contributed by atoms with Crippen molar-refractivity contribution in [2.45, 2.75) is 39.9 Å². The largest absolute Gasteiger partial charge is 0.495 e. The molecule has 0 saturated carbocycles. The average molecular weight is 869 g/mol. The molecule has 1 aromatic heterocycles. The van der Waals surface area contributed by atoms with E-state index in [1.54, 1.807) is 38.6 Å². The quantitative estimate of drug-likeness (QED) is 0.0486. The number of carbonyl (C=O) groups is 2. The number of amides is 2. The van der Waals surface area contributed by atoms with Gasteiger partial charge in [0, 0.05) is 70.2 Å². The first kappa shape index (κ1) is 49.1. The predicted molar refractivity (Wildman–Crippen MR) is 258 cm³/mol. The molecule has 340 valence electrons. The maximum atomic E-state index is 15.2. The van der Waals surface area contributed by atoms with Gasteiger partial charge in [0.15, 0.2) is 0 Å². The van der Waals surface area contributed by atoms with Crippen molar-refractivity contribution in [3.05, 3.63) is 79.8 Å². The summed E-state index contributed by atoms with van der Waals surface area (Å²) < 4.78 is 26.1. The molecule has 2 amide bonds. The van der Waals surface area contributed by atoms with Gasteiger partial charge in [0.2, 0.25) is 17.8 Å². The molecule has 1 atom stereocenters. The van der Waals surface area contributed by atoms with Crippen LogP contribution in [-0.2, 0) is 9.59 Å². The third-order valence-corrected chi connectivity index (χ3v) is 10.5. The number of ether oxygens (including phenoxy) is 2. The van der Waals surface area contributed by atoms with Crippen LogP contribution in [0.3, 0.4) is 0 Å². The van der Waals surface area contributed by atoms with Crippen molar-refractivity contribution < 1.29 is 23.5 Å². The van der Waals surface area contributed by atoms with Gasteiger partial charge in [-0.15, -0.1) is 0 Å². The van der Waals surface area contributed by atoms with Gasteiger partial charge in [-0.25, -0.2) is 14.4 Å². The van der Waals surface area contributed by atoms with E-state index >= 15 is 4.39 Å². The fraction of sp³-hybridized carbons (Fsp3) is 0.391. The number of carbonyl (C=O) groups excluding carboxylic acids is 2. The number of likely N-dealkylation sites (N-methyl/N-ethyl adjacent to an activating group) is 4. The van der Waals surface area contributed by atoms with Crippen molar-refractivity contribution >= 4 is 63.3 Å². The number of benzene rings is 3. The van der Waals surface area contributed by atoms with Gasteiger partial charge >= 0.3 is 0 Å². The molecule has 0 radical (unpaired) electrons. The molecule has 16 nitrogen and oxygen atoms in total. The van der Waals surface area contributed by atoms with Gasteiger partial charge in [-0.3, -0.25) is 9.59 Å². The Labute approximate surface area is 371 Å². The Morgan fingerprint density at radius 3 is 2.03 bits per heavy atom. The summed E-state index contributed by atoms with van der Waals surface area (Å²) in [4.78, 5) is 43.5. The normalized spacial score (nSPS) is 12.8. The first-order valence-corrected chi connectivity index (χ1v) is 20.8. The monoisotopic (exact) mass is 869 g/mol. The van der Waals surface area contributed by atoms with Crippen LogP contribution in [0, 0.1) is 5.82 Å². The summed E-state index contributed by atoms with van der Waals surface area (Å²) in [5.74, 6) is 0.482. The molecule has 1 unspecified atom stereocenters. The lowest BCUT2D eigenvalue weighted by Gasteiger charge is -2.28. The molecule has 0 spiro atoms. The molecule has 2 heterocycles. The van der Waals surface area contributed by atoms with E-state index in [0.29, 0.717) is 57.1 Å². The zero-order chi connectivity index (χ0) is 46.5. The number of hydrogen-bond donors (Lipinski definition) is 5. The van der Waals surface area contributed by atoms with Crippen LogP contribution in [0.15, 0.2) is 74.0 Å². The van der Waals surface area contributed by atoms with E-state index in [-0.39, 0.29) is 29.8 Å². The van der Waals surface area contributed by atoms with Crippen molar-refractivity contribution in [2.24, 2.45) is 0 Å². The van der Waals surface area contributed by atoms with Crippen LogP contribution in [0.25, 0.3) is 11.3 Å². The Bertz CT molecular complexity index is 2240. The Morgan fingerprint density at radius 2 is 1.48 bits per heavy atom. The molecule has 3 aromatic carbocycles. The SMILES string of the molecule is C=CC(=O)Nc1cc(N)c(OC)cc1N(C)CCN(C)C.C=CC(=O)Nc1cc(Nc2nccc(-c3cc(F)c4c(c3)N(C(C)C)C(C)N4)n2)c(OC)cc1N(C)CCN(C)CC. The van der Waals surface area contributed by atoms with Crippen LogP contribution in [0.2, 0.25) is 0 Å². The Kier molecular flexibility index (Phi) is 17.5. The highest BCUT2D eigenvalue weighted by atomic mass is 19.1. The second-order valence-electron chi connectivity index (χ2n) is 15.7. The van der Waals surface area contributed by atoms with E-state index < -0.39 is 0 Å². The zero-order valence-corrected chi connectivity index (χ0v) is 38.6. The molecule has 4 aromatic rings. The number of nitrogen functional groups attached to an aromatic ring is 1. The maximum Gasteiger partial charge on any atom is 0.247 e. The molecule has 1 aliphatic heterocycles. The van der Waals surface area contributed by atoms with Crippen LogP contribution in [-0.4, -0.2) is 126 Å². The number of anilines is 9. The fourth-order valence-electron chi connectivity index (χ4n) is 6.87. The van der Waals surface area contributed by atoms with Crippen molar-refractivity contribution in [1.29, 1.82) is 0 Å². The summed E-state index contributed by atoms with van der Waals surface area (Å²) in [5, 5.41) is 12.1. The molecule has 5 rings (SSSR count). The molecule has 1 aliphatic rings. The van der Waals surface area contributed by atoms with Gasteiger partial charge in [-0.1, -0.05) is 20.1 Å². The number of hydrogen-bond acceptors (Lipinski definition) is 14. The molecule has 17 heteroatoms. The number of nitrogens with two attached hydrogens (primary N) is 1. The summed E-state index contributed by atoms with van der Waals surface area (Å²) in [6, 6.07) is 12.5. The molecule has 0 bridgehead atoms. The van der Waals surface area contributed by atoms with Gasteiger partial charge in [-0.2, -0.15) is 0 Å². The summed E-state index contributed by atoms with van der Waals surface area (Å²) in [5.41, 5.74) is 12.3. The number of nitrogens with one attached hydrogen (secondary N) is 4. The number of methoxy groups -OCH3 is 2. The van der Waals surface area contributed by atoms with Crippen LogP contribution in [0.1, 0.15) is 27.7 Å². The van der Waals surface area contributed by atoms with Crippen molar-refractivity contribution in [2.75, 3.05) is 124 Å². The number of nitrogens with zero attached hydrogens (tertiary/aromatic N) is 7. The average Bonchev–Trinajstić information content (AvgIpc) is 3.61. The number of fused-ring (bicyclic) bond motifs is 1. The first-order chi connectivity index (χ1) is 29.9. The van der Waals surface area contributed by atoms with Gasteiger partial charge < -0.3 is 61.0 Å². The van der Waals surface area contributed by atoms with Gasteiger partial charge in [0.1, 0.15) is 17.3 Å². The van der Waals surface area contributed by atoms with Crippen molar-refractivity contribution in [1.82, 2.24) is 19.8 Å². The Hall–Kier alpha value is -6.59. The third kappa shape index (κ3) is 12.7. The molecule has 63 heavy (non-hydrogen) atoms. The number of aromatic nitrogens is 2. The number of rotatable bonds is 19. The molecule has 0 aliphatic carbocycles. The van der Waals surface area contributed by atoms with Crippen LogP contribution in [0.5, 0.6) is 11.5 Å². The van der Waals surface area contributed by atoms with Gasteiger partial charge in [-0.05, 0) is 90.9 Å². The zero-order valence-electron chi connectivity index (χ0n) is 38.6. The second kappa shape index (κ2) is 22.5. The molecule has 6 N–H and O–H groups in total. The molecular weight excluding hydrogens is 804 g/mol. The van der Waals surface area contributed by atoms with E-state index in [1.165, 1.54) is 18.2 Å². The summed E-state index contributed by atoms with van der Waals surface area (Å²) in [6.45, 7) is 19.5. The van der Waals surface area contributed by atoms with E-state index in [2.05, 4.69) is 91.8 Å². The minimum absolute atomic E-state index is 0.0230. The third-order valence-electron chi connectivity index (χ3n) is 10.5. The van der Waals surface area contributed by atoms with E-state index in [0.717, 1.165) is 49.8 Å². The van der Waals surface area contributed by atoms with Gasteiger partial charge in [0.05, 0.1) is 71.6 Å². The highest BCUT2D eigenvalue weighted by Crippen LogP contribution is 2.42. The van der Waals surface area contributed by atoms with Crippen molar-refractivity contribution in [3.63, 3.8) is 0 Å². The molecular formula is C46H65FN12O4. The minimum atomic E-state index is -0.334. The van der Waals surface area contributed by atoms with Crippen LogP contribution in [0.4, 0.5) is 55.8 Å². The standard InChI is InChI=1S/C31H41FN8O2.C15H24N4O2/c1-9-29(41)35-24-17-25(28(42-8)18-26(24)39(7)14-13-38(6)10-2)37-31-33-12-11-23(36-31)21-15-22(32)30-27(16-21)40(19(3)4)20(5)34-30;1-6-15(20)17-12-9-11(16)14(21-5)10-13(12)19(4)8-7-18(2)3/h9,11-12,15-20,34H,1,10,13-14H2,2-8H3,(H,35,41)(H,33,36,37);6,9-10H,1,7-8,16H2,2-5H3,(H,17,20). The van der Waals surface area contributed by atoms with Gasteiger partial charge in [0.25, 0.3) is 0 Å². The first-order valence-electron chi connectivity index (χ1n) is 20.8. The summed E-state index contributed by atoms with van der Waals surface area (Å²) in [7, 11) is 13.2. The number of halogens is 1. The predicted octanol–water partition coefficient (Wildman–Crippen LogP) is 6.93. The highest BCUT2D eigenvalue weighted by Gasteiger charge is 2.30. The van der Waals surface area contributed by atoms with E-state index in [1.807, 2.05) is 58.2 Å². The van der Waals surface area contributed by atoms with E-state index in [4.69, 9.17) is 15.2 Å². The minimum Gasteiger partial charge on any atom is -0.495 e. The smallest absolute Gasteiger partial charge is 0.247 e. The fourth-order valence-corrected chi connectivity index (χ4v) is 6.87. The van der Waals surface area contributed by atoms with Crippen LogP contribution < -0.4 is 51.2 Å². The molecule has 0 saturated heterocycles. The van der Waals surface area contributed by atoms with Crippen LogP contribution >= 0.6 is 0 Å². The lowest BCUT2D eigenvalue weighted by Crippen LogP contribution is -2.38. The maximum absolute atomic E-state index is 15.2. The Balaban J connectivity index is 0.000000349. The lowest BCUT2D eigenvalue weighted by atomic mass is 10.1. The van der Waals surface area contributed by atoms with E-state index in [9.17, 15) is 9.59 Å². The Morgan fingerprint density at radius 1 is 0.889 bits per heavy atom. The highest BCUT2D eigenvalue weighted by molar-refractivity contribution is 6.03. The summed E-state index contributed by atoms with van der Waals surface area (Å²) in [6.07, 6.45) is 4.05. The summed E-state index contributed by atoms with van der Waals surface area (Å²) >= 11 is 0. The van der Waals surface area contributed by atoms with Crippen molar-refractivity contribution in [3.8, 4) is 22.8 Å². The molecule has 0 fully saturated rings.